The Hall–Kier alpha value is -1.75. The summed E-state index contributed by atoms with van der Waals surface area (Å²) >= 11 is 0. The van der Waals surface area contributed by atoms with Crippen LogP contribution in [0.15, 0.2) is 30.6 Å². The average molecular weight is 274 g/mol. The molecule has 0 amide bonds. The van der Waals surface area contributed by atoms with E-state index in [1.165, 1.54) is 12.0 Å². The van der Waals surface area contributed by atoms with E-state index in [-0.39, 0.29) is 11.9 Å². The molecule has 1 fully saturated rings. The molecule has 1 aliphatic rings. The molecule has 0 aliphatic heterocycles. The molecule has 5 heteroatoms. The zero-order valence-electron chi connectivity index (χ0n) is 11.8. The van der Waals surface area contributed by atoms with Gasteiger partial charge in [0.2, 0.25) is 0 Å². The Morgan fingerprint density at radius 3 is 2.80 bits per heavy atom. The van der Waals surface area contributed by atoms with Crippen molar-refractivity contribution in [1.82, 2.24) is 20.1 Å². The second-order valence-corrected chi connectivity index (χ2v) is 5.56. The molecule has 4 nitrogen and oxygen atoms in total. The molecule has 3 rings (SSSR count). The Morgan fingerprint density at radius 1 is 1.40 bits per heavy atom. The number of benzene rings is 1. The van der Waals surface area contributed by atoms with E-state index < -0.39 is 0 Å². The number of aromatic nitrogens is 3. The van der Waals surface area contributed by atoms with Gasteiger partial charge >= 0.3 is 0 Å². The van der Waals surface area contributed by atoms with Crippen molar-refractivity contribution in [2.24, 2.45) is 13.0 Å². The molecular formula is C15H19FN4. The predicted octanol–water partition coefficient (Wildman–Crippen LogP) is 2.41. The van der Waals surface area contributed by atoms with Gasteiger partial charge in [-0.1, -0.05) is 12.1 Å². The zero-order chi connectivity index (χ0) is 14.1. The lowest BCUT2D eigenvalue weighted by atomic mass is 10.1. The van der Waals surface area contributed by atoms with Gasteiger partial charge in [-0.15, -0.1) is 0 Å². The first-order chi connectivity index (χ1) is 9.63. The Kier molecular flexibility index (Phi) is 3.53. The van der Waals surface area contributed by atoms with Crippen molar-refractivity contribution in [2.45, 2.75) is 25.3 Å². The third-order valence-electron chi connectivity index (χ3n) is 3.91. The van der Waals surface area contributed by atoms with Gasteiger partial charge in [0, 0.05) is 7.05 Å². The molecule has 0 radical (unpaired) electrons. The van der Waals surface area contributed by atoms with Crippen LogP contribution in [-0.4, -0.2) is 21.3 Å². The molecule has 0 spiro atoms. The molecule has 0 unspecified atom stereocenters. The van der Waals surface area contributed by atoms with Crippen molar-refractivity contribution in [1.29, 1.82) is 0 Å². The van der Waals surface area contributed by atoms with Crippen LogP contribution in [0.25, 0.3) is 0 Å². The van der Waals surface area contributed by atoms with Crippen molar-refractivity contribution in [3.63, 3.8) is 0 Å². The summed E-state index contributed by atoms with van der Waals surface area (Å²) in [5, 5.41) is 7.77. The third kappa shape index (κ3) is 2.88. The van der Waals surface area contributed by atoms with Gasteiger partial charge in [-0.05, 0) is 49.4 Å². The summed E-state index contributed by atoms with van der Waals surface area (Å²) < 4.78 is 14.6. The van der Waals surface area contributed by atoms with Crippen LogP contribution in [-0.2, 0) is 7.05 Å². The van der Waals surface area contributed by atoms with E-state index in [2.05, 4.69) is 22.3 Å². The molecule has 0 bridgehead atoms. The fourth-order valence-corrected chi connectivity index (χ4v) is 2.57. The number of halogens is 1. The van der Waals surface area contributed by atoms with Crippen LogP contribution in [0.4, 0.5) is 4.39 Å². The Balaban J connectivity index is 1.50. The van der Waals surface area contributed by atoms with Crippen LogP contribution in [0, 0.1) is 11.7 Å². The molecule has 1 aromatic carbocycles. The van der Waals surface area contributed by atoms with E-state index in [1.54, 1.807) is 23.1 Å². The highest BCUT2D eigenvalue weighted by Gasteiger charge is 2.38. The topological polar surface area (TPSA) is 42.7 Å². The quantitative estimate of drug-likeness (QED) is 0.910. The van der Waals surface area contributed by atoms with E-state index in [9.17, 15) is 4.39 Å². The van der Waals surface area contributed by atoms with Gasteiger partial charge in [0.15, 0.2) is 5.82 Å². The fraction of sp³-hybridized carbons (Fsp3) is 0.467. The van der Waals surface area contributed by atoms with E-state index in [0.29, 0.717) is 11.8 Å². The maximum Gasteiger partial charge on any atom is 0.167 e. The smallest absolute Gasteiger partial charge is 0.167 e. The average Bonchev–Trinajstić information content (AvgIpc) is 3.09. The summed E-state index contributed by atoms with van der Waals surface area (Å²) in [6.07, 6.45) is 2.88. The number of aryl methyl sites for hydroxylation is 1. The van der Waals surface area contributed by atoms with E-state index in [0.717, 1.165) is 12.4 Å². The van der Waals surface area contributed by atoms with Crippen molar-refractivity contribution in [3.05, 3.63) is 47.8 Å². The van der Waals surface area contributed by atoms with Crippen LogP contribution in [0.1, 0.15) is 36.7 Å². The summed E-state index contributed by atoms with van der Waals surface area (Å²) in [7, 11) is 1.87. The standard InChI is InChI=1S/C15H19FN4/c1-10(15-18-9-20(2)19-15)17-8-12-7-14(12)11-3-5-13(16)6-4-11/h3-6,9-10,12,14,17H,7-8H2,1-2H3/t10-,12+,14+/m0/s1. The van der Waals surface area contributed by atoms with Crippen molar-refractivity contribution in [3.8, 4) is 0 Å². The molecule has 1 aliphatic carbocycles. The molecule has 20 heavy (non-hydrogen) atoms. The van der Waals surface area contributed by atoms with Crippen LogP contribution in [0.5, 0.6) is 0 Å². The number of nitrogens with zero attached hydrogens (tertiary/aromatic N) is 3. The molecule has 106 valence electrons. The monoisotopic (exact) mass is 274 g/mol. The number of hydrogen-bond acceptors (Lipinski definition) is 3. The van der Waals surface area contributed by atoms with E-state index in [4.69, 9.17) is 0 Å². The minimum atomic E-state index is -0.168. The van der Waals surface area contributed by atoms with Gasteiger partial charge in [-0.3, -0.25) is 4.68 Å². The van der Waals surface area contributed by atoms with Gasteiger partial charge in [0.25, 0.3) is 0 Å². The lowest BCUT2D eigenvalue weighted by Gasteiger charge is -2.10. The molecule has 2 aromatic rings. The summed E-state index contributed by atoms with van der Waals surface area (Å²) in [6.45, 7) is 3.02. The fourth-order valence-electron chi connectivity index (χ4n) is 2.57. The molecule has 0 saturated heterocycles. The molecule has 1 aromatic heterocycles. The largest absolute Gasteiger partial charge is 0.307 e. The number of hydrogen-bond donors (Lipinski definition) is 1. The maximum atomic E-state index is 12.9. The minimum Gasteiger partial charge on any atom is -0.307 e. The zero-order valence-corrected chi connectivity index (χ0v) is 11.8. The van der Waals surface area contributed by atoms with E-state index in [1.807, 2.05) is 19.2 Å². The van der Waals surface area contributed by atoms with Crippen LogP contribution in [0.3, 0.4) is 0 Å². The molecule has 1 heterocycles. The SMILES string of the molecule is C[C@H](NC[C@H]1C[C@@H]1c1ccc(F)cc1)c1ncn(C)n1. The summed E-state index contributed by atoms with van der Waals surface area (Å²) in [5.41, 5.74) is 1.24. The summed E-state index contributed by atoms with van der Waals surface area (Å²) in [4.78, 5) is 4.25. The highest BCUT2D eigenvalue weighted by atomic mass is 19.1. The first-order valence-corrected chi connectivity index (χ1v) is 6.98. The van der Waals surface area contributed by atoms with Gasteiger partial charge in [0.1, 0.15) is 12.1 Å². The lowest BCUT2D eigenvalue weighted by molar-refractivity contribution is 0.518. The number of rotatable bonds is 5. The third-order valence-corrected chi connectivity index (χ3v) is 3.91. The first-order valence-electron chi connectivity index (χ1n) is 6.98. The minimum absolute atomic E-state index is 0.158. The first kappa shape index (κ1) is 13.2. The second-order valence-electron chi connectivity index (χ2n) is 5.56. The summed E-state index contributed by atoms with van der Waals surface area (Å²) in [6, 6.07) is 7.02. The molecule has 3 atom stereocenters. The highest BCUT2D eigenvalue weighted by Crippen LogP contribution is 2.47. The maximum absolute atomic E-state index is 12.9. The molecule has 1 N–H and O–H groups in total. The van der Waals surface area contributed by atoms with E-state index >= 15 is 0 Å². The molecular weight excluding hydrogens is 255 g/mol. The number of nitrogens with one attached hydrogen (secondary N) is 1. The normalized spacial score (nSPS) is 22.8. The van der Waals surface area contributed by atoms with Gasteiger partial charge in [-0.2, -0.15) is 5.10 Å². The Bertz CT molecular complexity index is 578. The molecule has 1 saturated carbocycles. The second kappa shape index (κ2) is 5.32. The van der Waals surface area contributed by atoms with Gasteiger partial charge in [-0.25, -0.2) is 9.37 Å². The Morgan fingerprint density at radius 2 is 2.15 bits per heavy atom. The van der Waals surface area contributed by atoms with Crippen molar-refractivity contribution >= 4 is 0 Å². The van der Waals surface area contributed by atoms with Gasteiger partial charge in [0.05, 0.1) is 6.04 Å². The summed E-state index contributed by atoms with van der Waals surface area (Å²) in [5.74, 6) is 1.85. The highest BCUT2D eigenvalue weighted by molar-refractivity contribution is 5.26. The Labute approximate surface area is 118 Å². The lowest BCUT2D eigenvalue weighted by Crippen LogP contribution is -2.22. The van der Waals surface area contributed by atoms with Crippen LogP contribution < -0.4 is 5.32 Å². The van der Waals surface area contributed by atoms with Crippen LogP contribution in [0.2, 0.25) is 0 Å². The van der Waals surface area contributed by atoms with Crippen LogP contribution >= 0.6 is 0 Å². The van der Waals surface area contributed by atoms with Crippen molar-refractivity contribution < 1.29 is 4.39 Å². The predicted molar refractivity (Wildman–Crippen MR) is 74.7 cm³/mol. The van der Waals surface area contributed by atoms with Crippen molar-refractivity contribution in [2.75, 3.05) is 6.54 Å². The van der Waals surface area contributed by atoms with Gasteiger partial charge < -0.3 is 5.32 Å².